The van der Waals surface area contributed by atoms with Gasteiger partial charge in [0.1, 0.15) is 11.4 Å². The normalized spacial score (nSPS) is 12.0. The lowest BCUT2D eigenvalue weighted by molar-refractivity contribution is -0.117. The van der Waals surface area contributed by atoms with E-state index in [1.54, 1.807) is 48.5 Å². The molecule has 0 aliphatic carbocycles. The van der Waals surface area contributed by atoms with Crippen LogP contribution in [-0.2, 0) is 16.0 Å². The Morgan fingerprint density at radius 2 is 2.04 bits per heavy atom. The molecule has 1 atom stereocenters. The van der Waals surface area contributed by atoms with Crippen LogP contribution in [0.1, 0.15) is 6.42 Å². The highest BCUT2D eigenvalue weighted by Crippen LogP contribution is 2.25. The fourth-order valence-electron chi connectivity index (χ4n) is 2.36. The summed E-state index contributed by atoms with van der Waals surface area (Å²) in [6, 6.07) is 12.7. The second-order valence-corrected chi connectivity index (χ2v) is 7.46. The molecule has 0 aliphatic heterocycles. The lowest BCUT2D eigenvalue weighted by Gasteiger charge is -2.16. The third-order valence-electron chi connectivity index (χ3n) is 3.80. The summed E-state index contributed by atoms with van der Waals surface area (Å²) in [6.45, 7) is 0. The molecule has 1 aromatic carbocycles. The van der Waals surface area contributed by atoms with Crippen molar-refractivity contribution in [3.8, 4) is 5.69 Å². The number of amides is 1. The van der Waals surface area contributed by atoms with Gasteiger partial charge >= 0.3 is 0 Å². The first-order chi connectivity index (χ1) is 12.6. The third-order valence-corrected chi connectivity index (χ3v) is 5.45. The maximum absolute atomic E-state index is 12.5. The zero-order valence-electron chi connectivity index (χ0n) is 14.1. The average molecular weight is 389 g/mol. The minimum Gasteiger partial charge on any atom is -0.611 e. The number of pyridine rings is 1. The van der Waals surface area contributed by atoms with Gasteiger partial charge in [-0.3, -0.25) is 9.78 Å². The first-order valence-corrected chi connectivity index (χ1v) is 9.61. The van der Waals surface area contributed by atoms with Crippen LogP contribution in [0.4, 0.5) is 5.69 Å². The molecule has 0 N–H and O–H groups in total. The summed E-state index contributed by atoms with van der Waals surface area (Å²) >= 11 is 4.97. The van der Waals surface area contributed by atoms with E-state index in [-0.39, 0.29) is 23.2 Å². The van der Waals surface area contributed by atoms with E-state index in [0.29, 0.717) is 10.6 Å². The molecule has 0 bridgehead atoms. The van der Waals surface area contributed by atoms with Crippen LogP contribution < -0.4 is 4.90 Å². The maximum Gasteiger partial charge on any atom is 0.231 e. The zero-order valence-corrected chi connectivity index (χ0v) is 15.7. The Morgan fingerprint density at radius 1 is 1.27 bits per heavy atom. The van der Waals surface area contributed by atoms with Gasteiger partial charge in [-0.2, -0.15) is 5.10 Å². The molecule has 0 fully saturated rings. The highest BCUT2D eigenvalue weighted by Gasteiger charge is 2.20. The highest BCUT2D eigenvalue weighted by atomic mass is 35.5. The Morgan fingerprint density at radius 3 is 2.73 bits per heavy atom. The van der Waals surface area contributed by atoms with Gasteiger partial charge in [0, 0.05) is 13.2 Å². The van der Waals surface area contributed by atoms with Crippen LogP contribution in [0, 0.1) is 0 Å². The molecule has 2 heterocycles. The SMILES string of the molecule is CN(C(=O)CC[S+]([O-])c1ccccc1)c1cn(-c2cccnc2)nc1Cl. The van der Waals surface area contributed by atoms with E-state index in [2.05, 4.69) is 10.1 Å². The van der Waals surface area contributed by atoms with Crippen molar-refractivity contribution in [3.63, 3.8) is 0 Å². The maximum atomic E-state index is 12.5. The van der Waals surface area contributed by atoms with Crippen molar-refractivity contribution in [2.24, 2.45) is 0 Å². The molecule has 1 unspecified atom stereocenters. The first kappa shape index (κ1) is 18.4. The summed E-state index contributed by atoms with van der Waals surface area (Å²) < 4.78 is 13.8. The van der Waals surface area contributed by atoms with Crippen LogP contribution in [-0.4, -0.2) is 38.0 Å². The number of carbonyl (C=O) groups excluding carboxylic acids is 1. The lowest BCUT2D eigenvalue weighted by atomic mass is 10.4. The van der Waals surface area contributed by atoms with Crippen LogP contribution >= 0.6 is 11.6 Å². The fraction of sp³-hybridized carbons (Fsp3) is 0.167. The summed E-state index contributed by atoms with van der Waals surface area (Å²) in [6.07, 6.45) is 5.13. The van der Waals surface area contributed by atoms with Crippen LogP contribution in [0.25, 0.3) is 5.69 Å². The van der Waals surface area contributed by atoms with Gasteiger partial charge in [0.2, 0.25) is 5.91 Å². The number of hydrogen-bond acceptors (Lipinski definition) is 4. The van der Waals surface area contributed by atoms with Gasteiger partial charge in [-0.25, -0.2) is 4.68 Å². The van der Waals surface area contributed by atoms with E-state index in [1.807, 2.05) is 24.3 Å². The number of nitrogens with zero attached hydrogens (tertiary/aromatic N) is 4. The molecule has 0 saturated heterocycles. The Kier molecular flexibility index (Phi) is 5.92. The van der Waals surface area contributed by atoms with Crippen LogP contribution in [0.5, 0.6) is 0 Å². The molecule has 0 aliphatic rings. The van der Waals surface area contributed by atoms with Crippen molar-refractivity contribution in [2.45, 2.75) is 11.3 Å². The number of carbonyl (C=O) groups is 1. The van der Waals surface area contributed by atoms with E-state index in [4.69, 9.17) is 11.6 Å². The fourth-order valence-corrected chi connectivity index (χ4v) is 3.68. The second kappa shape index (κ2) is 8.35. The quantitative estimate of drug-likeness (QED) is 0.608. The molecule has 0 spiro atoms. The van der Waals surface area contributed by atoms with Crippen LogP contribution in [0.15, 0.2) is 66.0 Å². The molecule has 6 nitrogen and oxygen atoms in total. The largest absolute Gasteiger partial charge is 0.611 e. The van der Waals surface area contributed by atoms with Gasteiger partial charge in [0.05, 0.1) is 24.5 Å². The van der Waals surface area contributed by atoms with Crippen LogP contribution in [0.2, 0.25) is 5.15 Å². The summed E-state index contributed by atoms with van der Waals surface area (Å²) in [4.78, 5) is 18.6. The molecule has 0 radical (unpaired) electrons. The smallest absolute Gasteiger partial charge is 0.231 e. The first-order valence-electron chi connectivity index (χ1n) is 7.92. The Labute approximate surface area is 159 Å². The predicted molar refractivity (Wildman–Crippen MR) is 102 cm³/mol. The standard InChI is InChI=1S/C18H17ClN4O2S/c1-22(17(24)9-11-26(25)15-7-3-2-4-8-15)16-13-23(21-18(16)19)14-6-5-10-20-12-14/h2-8,10,12-13H,9,11H2,1H3. The van der Waals surface area contributed by atoms with Gasteiger partial charge in [0.25, 0.3) is 0 Å². The minimum absolute atomic E-state index is 0.145. The average Bonchev–Trinajstić information content (AvgIpc) is 3.08. The van der Waals surface area contributed by atoms with E-state index in [0.717, 1.165) is 5.69 Å². The Bertz CT molecular complexity index is 873. The van der Waals surface area contributed by atoms with Crippen molar-refractivity contribution < 1.29 is 9.35 Å². The number of hydrogen-bond donors (Lipinski definition) is 0. The Hall–Kier alpha value is -2.35. The summed E-state index contributed by atoms with van der Waals surface area (Å²) in [5.41, 5.74) is 1.23. The molecule has 134 valence electrons. The number of benzene rings is 1. The molecular weight excluding hydrogens is 372 g/mol. The molecule has 3 aromatic rings. The predicted octanol–water partition coefficient (Wildman–Crippen LogP) is 3.08. The van der Waals surface area contributed by atoms with Crippen molar-refractivity contribution in [1.82, 2.24) is 14.8 Å². The van der Waals surface area contributed by atoms with Crippen molar-refractivity contribution in [3.05, 3.63) is 66.2 Å². The monoisotopic (exact) mass is 388 g/mol. The Balaban J connectivity index is 1.66. The minimum atomic E-state index is -1.22. The summed E-state index contributed by atoms with van der Waals surface area (Å²) in [5.74, 6) is 0.0728. The van der Waals surface area contributed by atoms with Gasteiger partial charge < -0.3 is 9.45 Å². The number of aromatic nitrogens is 3. The molecule has 1 amide bonds. The zero-order chi connectivity index (χ0) is 18.5. The van der Waals surface area contributed by atoms with E-state index >= 15 is 0 Å². The van der Waals surface area contributed by atoms with Gasteiger partial charge in [-0.1, -0.05) is 29.8 Å². The molecule has 26 heavy (non-hydrogen) atoms. The third kappa shape index (κ3) is 4.24. The lowest BCUT2D eigenvalue weighted by Crippen LogP contribution is -2.28. The number of anilines is 1. The van der Waals surface area contributed by atoms with Crippen molar-refractivity contribution in [2.75, 3.05) is 17.7 Å². The van der Waals surface area contributed by atoms with Gasteiger partial charge in [0.15, 0.2) is 10.0 Å². The summed E-state index contributed by atoms with van der Waals surface area (Å²) in [5, 5.41) is 4.43. The number of halogens is 1. The van der Waals surface area contributed by atoms with E-state index < -0.39 is 11.2 Å². The van der Waals surface area contributed by atoms with E-state index in [1.165, 1.54) is 4.90 Å². The highest BCUT2D eigenvalue weighted by molar-refractivity contribution is 7.91. The van der Waals surface area contributed by atoms with Gasteiger partial charge in [-0.05, 0) is 35.4 Å². The second-order valence-electron chi connectivity index (χ2n) is 5.53. The molecule has 0 saturated carbocycles. The van der Waals surface area contributed by atoms with Gasteiger partial charge in [-0.15, -0.1) is 0 Å². The van der Waals surface area contributed by atoms with Crippen LogP contribution in [0.3, 0.4) is 0 Å². The van der Waals surface area contributed by atoms with E-state index in [9.17, 15) is 9.35 Å². The van der Waals surface area contributed by atoms with Crippen molar-refractivity contribution >= 4 is 34.4 Å². The molecular formula is C18H17ClN4O2S. The topological polar surface area (TPSA) is 74.1 Å². The summed E-state index contributed by atoms with van der Waals surface area (Å²) in [7, 11) is 1.63. The molecule has 8 heteroatoms. The number of rotatable bonds is 6. The molecule has 3 rings (SSSR count). The van der Waals surface area contributed by atoms with Crippen molar-refractivity contribution in [1.29, 1.82) is 0 Å². The molecule has 2 aromatic heterocycles.